The molecule has 2 bridgehead atoms. The highest BCUT2D eigenvalue weighted by molar-refractivity contribution is 5.86. The van der Waals surface area contributed by atoms with E-state index in [0.717, 1.165) is 36.6 Å². The van der Waals surface area contributed by atoms with E-state index in [4.69, 9.17) is 4.74 Å². The number of benzene rings is 1. The number of hydrogen-bond donors (Lipinski definition) is 2. The molecule has 1 heterocycles. The molecular weight excluding hydrogens is 330 g/mol. The van der Waals surface area contributed by atoms with E-state index < -0.39 is 12.2 Å². The maximum Gasteiger partial charge on any atom is 0.174 e. The van der Waals surface area contributed by atoms with Crippen molar-refractivity contribution in [3.63, 3.8) is 0 Å². The molecule has 0 aromatic heterocycles. The second kappa shape index (κ2) is 6.86. The van der Waals surface area contributed by atoms with Crippen LogP contribution in [0.3, 0.4) is 0 Å². The van der Waals surface area contributed by atoms with Gasteiger partial charge in [0.2, 0.25) is 0 Å². The van der Waals surface area contributed by atoms with Crippen molar-refractivity contribution in [1.82, 2.24) is 4.90 Å². The van der Waals surface area contributed by atoms with Crippen molar-refractivity contribution in [1.29, 1.82) is 0 Å². The van der Waals surface area contributed by atoms with E-state index in [9.17, 15) is 15.0 Å². The zero-order valence-electron chi connectivity index (χ0n) is 15.6. The van der Waals surface area contributed by atoms with Crippen molar-refractivity contribution in [3.8, 4) is 11.5 Å². The molecule has 0 saturated heterocycles. The highest BCUT2D eigenvalue weighted by Crippen LogP contribution is 2.47. The Morgan fingerprint density at radius 3 is 2.73 bits per heavy atom. The van der Waals surface area contributed by atoms with Crippen LogP contribution in [0.2, 0.25) is 0 Å². The molecule has 1 aromatic rings. The number of hydrogen-bond acceptors (Lipinski definition) is 5. The van der Waals surface area contributed by atoms with Crippen LogP contribution in [0.15, 0.2) is 12.1 Å². The van der Waals surface area contributed by atoms with Crippen LogP contribution in [0.5, 0.6) is 11.5 Å². The molecule has 0 radical (unpaired) electrons. The van der Waals surface area contributed by atoms with Gasteiger partial charge in [-0.2, -0.15) is 0 Å². The molecule has 4 atom stereocenters. The van der Waals surface area contributed by atoms with Gasteiger partial charge in [0, 0.05) is 30.5 Å². The largest absolute Gasteiger partial charge is 0.504 e. The summed E-state index contributed by atoms with van der Waals surface area (Å²) in [6, 6.07) is 3.59. The topological polar surface area (TPSA) is 70.0 Å². The zero-order valence-corrected chi connectivity index (χ0v) is 15.6. The Morgan fingerprint density at radius 2 is 2.04 bits per heavy atom. The summed E-state index contributed by atoms with van der Waals surface area (Å²) in [5.74, 6) is 1.27. The van der Waals surface area contributed by atoms with Gasteiger partial charge >= 0.3 is 0 Å². The van der Waals surface area contributed by atoms with E-state index in [1.165, 1.54) is 12.8 Å². The maximum absolute atomic E-state index is 12.7. The van der Waals surface area contributed by atoms with Crippen LogP contribution in [-0.2, 0) is 11.2 Å². The quantitative estimate of drug-likeness (QED) is 0.865. The Labute approximate surface area is 155 Å². The number of nitrogens with zero attached hydrogens (tertiary/aromatic N) is 1. The Balaban J connectivity index is 1.72. The smallest absolute Gasteiger partial charge is 0.174 e. The minimum atomic E-state index is -0.547. The molecule has 1 aromatic carbocycles. The van der Waals surface area contributed by atoms with Crippen molar-refractivity contribution >= 4 is 5.78 Å². The number of carbonyl (C=O) groups excluding carboxylic acids is 1. The van der Waals surface area contributed by atoms with Crippen molar-refractivity contribution in [2.75, 3.05) is 13.1 Å². The van der Waals surface area contributed by atoms with E-state index >= 15 is 0 Å². The van der Waals surface area contributed by atoms with Crippen molar-refractivity contribution in [2.45, 2.75) is 70.1 Å². The fraction of sp³-hybridized carbons (Fsp3) is 0.667. The first kappa shape index (κ1) is 17.8. The lowest BCUT2D eigenvalue weighted by Crippen LogP contribution is -2.47. The van der Waals surface area contributed by atoms with Gasteiger partial charge in [-0.3, -0.25) is 9.69 Å². The van der Waals surface area contributed by atoms with E-state index in [1.54, 1.807) is 6.07 Å². The normalized spacial score (nSPS) is 31.2. The number of aromatic hydroxyl groups is 1. The third kappa shape index (κ3) is 3.12. The lowest BCUT2D eigenvalue weighted by molar-refractivity contribution is -0.126. The third-order valence-corrected chi connectivity index (χ3v) is 6.36. The minimum Gasteiger partial charge on any atom is -0.504 e. The van der Waals surface area contributed by atoms with Gasteiger partial charge in [0.1, 0.15) is 0 Å². The van der Waals surface area contributed by atoms with E-state index in [0.29, 0.717) is 18.6 Å². The first-order valence-electron chi connectivity index (χ1n) is 9.95. The Kier molecular flexibility index (Phi) is 4.70. The molecule has 26 heavy (non-hydrogen) atoms. The van der Waals surface area contributed by atoms with E-state index in [-0.39, 0.29) is 23.5 Å². The summed E-state index contributed by atoms with van der Waals surface area (Å²) in [4.78, 5) is 15.1. The summed E-state index contributed by atoms with van der Waals surface area (Å²) in [6.07, 6.45) is 2.98. The molecule has 5 heteroatoms. The summed E-state index contributed by atoms with van der Waals surface area (Å²) in [5.41, 5.74) is 2.03. The number of carbonyl (C=O) groups is 1. The Hall–Kier alpha value is -1.59. The SMILES string of the molecule is CCN(CC1CC1)[C@@H]1Cc2ccc(O)c3c2C(C)C(O3)C(=O)CC[C@H]1O. The molecule has 2 N–H and O–H groups in total. The highest BCUT2D eigenvalue weighted by Gasteiger charge is 2.42. The number of rotatable bonds is 4. The average Bonchev–Trinajstić information content (AvgIpc) is 3.38. The molecule has 1 aliphatic heterocycles. The van der Waals surface area contributed by atoms with Gasteiger partial charge in [-0.05, 0) is 49.8 Å². The predicted molar refractivity (Wildman–Crippen MR) is 98.6 cm³/mol. The van der Waals surface area contributed by atoms with Crippen LogP contribution < -0.4 is 4.74 Å². The predicted octanol–water partition coefficient (Wildman–Crippen LogP) is 2.62. The third-order valence-electron chi connectivity index (χ3n) is 6.36. The van der Waals surface area contributed by atoms with Crippen LogP contribution in [0.4, 0.5) is 0 Å². The van der Waals surface area contributed by atoms with E-state index in [1.807, 2.05) is 13.0 Å². The number of ketones is 1. The lowest BCUT2D eigenvalue weighted by atomic mass is 9.84. The van der Waals surface area contributed by atoms with Crippen LogP contribution >= 0.6 is 0 Å². The standard InChI is InChI=1S/C21H29NO4/c1-3-22(11-13-4-5-13)15-10-14-6-7-18(25)21-19(14)12(2)20(26-21)17(24)9-8-16(15)23/h6-7,12-13,15-16,20,23,25H,3-5,8-11H2,1-2H3/t12?,15-,16-,20?/m1/s1. The molecule has 3 aliphatic rings. The average molecular weight is 359 g/mol. The van der Waals surface area contributed by atoms with Gasteiger partial charge in [0.15, 0.2) is 23.4 Å². The van der Waals surface area contributed by atoms with Gasteiger partial charge < -0.3 is 14.9 Å². The second-order valence-electron chi connectivity index (χ2n) is 8.19. The van der Waals surface area contributed by atoms with Gasteiger partial charge in [-0.1, -0.05) is 19.9 Å². The lowest BCUT2D eigenvalue weighted by Gasteiger charge is -2.35. The van der Waals surface area contributed by atoms with Gasteiger partial charge in [-0.25, -0.2) is 0 Å². The van der Waals surface area contributed by atoms with Crippen LogP contribution in [0.1, 0.15) is 56.6 Å². The summed E-state index contributed by atoms with van der Waals surface area (Å²) in [7, 11) is 0. The van der Waals surface area contributed by atoms with Crippen molar-refractivity contribution in [3.05, 3.63) is 23.3 Å². The Morgan fingerprint density at radius 1 is 1.27 bits per heavy atom. The molecular formula is C21H29NO4. The number of likely N-dealkylation sites (N-methyl/N-ethyl adjacent to an activating group) is 1. The van der Waals surface area contributed by atoms with E-state index in [2.05, 4.69) is 11.8 Å². The summed E-state index contributed by atoms with van der Waals surface area (Å²) < 4.78 is 5.87. The van der Waals surface area contributed by atoms with Gasteiger partial charge in [0.05, 0.1) is 6.10 Å². The van der Waals surface area contributed by atoms with Crippen molar-refractivity contribution < 1.29 is 19.7 Å². The Bertz CT molecular complexity index is 699. The molecule has 0 spiro atoms. The zero-order chi connectivity index (χ0) is 18.4. The summed E-state index contributed by atoms with van der Waals surface area (Å²) in [5, 5.41) is 21.1. The number of phenolic OH excluding ortho intramolecular Hbond substituents is 1. The maximum atomic E-state index is 12.7. The molecule has 142 valence electrons. The fourth-order valence-corrected chi connectivity index (χ4v) is 4.64. The molecule has 5 nitrogen and oxygen atoms in total. The first-order chi connectivity index (χ1) is 12.5. The second-order valence-corrected chi connectivity index (χ2v) is 8.19. The number of ether oxygens (including phenoxy) is 1. The number of phenols is 1. The van der Waals surface area contributed by atoms with Gasteiger partial charge in [0.25, 0.3) is 0 Å². The fourth-order valence-electron chi connectivity index (χ4n) is 4.64. The highest BCUT2D eigenvalue weighted by atomic mass is 16.5. The number of Topliss-reactive ketones (excluding diaryl/α,β-unsaturated/α-hetero) is 1. The summed E-state index contributed by atoms with van der Waals surface area (Å²) >= 11 is 0. The minimum absolute atomic E-state index is 0.00797. The number of fused-ring (bicyclic) bond motifs is 1. The molecule has 1 saturated carbocycles. The molecule has 0 amide bonds. The molecule has 1 fully saturated rings. The number of aliphatic hydroxyl groups is 1. The summed E-state index contributed by atoms with van der Waals surface area (Å²) in [6.45, 7) is 6.05. The number of aliphatic hydroxyl groups excluding tert-OH is 1. The molecule has 4 rings (SSSR count). The first-order valence-corrected chi connectivity index (χ1v) is 9.95. The monoisotopic (exact) mass is 359 g/mol. The van der Waals surface area contributed by atoms with Crippen LogP contribution in [0.25, 0.3) is 0 Å². The molecule has 2 unspecified atom stereocenters. The van der Waals surface area contributed by atoms with Crippen molar-refractivity contribution in [2.24, 2.45) is 5.92 Å². The van der Waals surface area contributed by atoms with Crippen LogP contribution in [-0.4, -0.2) is 52.2 Å². The van der Waals surface area contributed by atoms with Gasteiger partial charge in [-0.15, -0.1) is 0 Å². The molecule has 2 aliphatic carbocycles. The van der Waals surface area contributed by atoms with Crippen LogP contribution in [0, 0.1) is 5.92 Å².